The van der Waals surface area contributed by atoms with Gasteiger partial charge in [0.25, 0.3) is 0 Å². The Morgan fingerprint density at radius 3 is 1.94 bits per heavy atom. The van der Waals surface area contributed by atoms with Crippen molar-refractivity contribution in [3.8, 4) is 6.07 Å². The van der Waals surface area contributed by atoms with Gasteiger partial charge in [0.15, 0.2) is 0 Å². The van der Waals surface area contributed by atoms with E-state index in [0.29, 0.717) is 0 Å². The Hall–Kier alpha value is -1.49. The minimum Gasteiger partial charge on any atom is -0.359 e. The number of rotatable bonds is 2. The molecule has 0 aliphatic rings. The van der Waals surface area contributed by atoms with Crippen molar-refractivity contribution in [2.24, 2.45) is 0 Å². The molecule has 0 spiro atoms. The summed E-state index contributed by atoms with van der Waals surface area (Å²) in [6.07, 6.45) is 0. The van der Waals surface area contributed by atoms with E-state index in [1.807, 2.05) is 14.0 Å². The Labute approximate surface area is 98.5 Å². The number of aryl methyl sites for hydroxylation is 2. The highest BCUT2D eigenvalue weighted by molar-refractivity contribution is 5.64. The zero-order valence-corrected chi connectivity index (χ0v) is 11.0. The van der Waals surface area contributed by atoms with Crippen LogP contribution in [-0.4, -0.2) is 13.1 Å². The molecule has 1 aromatic carbocycles. The van der Waals surface area contributed by atoms with Crippen molar-refractivity contribution in [1.82, 2.24) is 0 Å². The summed E-state index contributed by atoms with van der Waals surface area (Å²) in [5, 5.41) is 9.00. The number of anilines is 1. The van der Waals surface area contributed by atoms with Crippen molar-refractivity contribution < 1.29 is 0 Å². The summed E-state index contributed by atoms with van der Waals surface area (Å²) in [6.45, 7) is 10.4. The zero-order chi connectivity index (χ0) is 12.5. The molecule has 0 amide bonds. The molecule has 0 N–H and O–H groups in total. The van der Waals surface area contributed by atoms with Crippen LogP contribution < -0.4 is 4.90 Å². The fourth-order valence-corrected chi connectivity index (χ4v) is 2.01. The molecule has 0 fully saturated rings. The lowest BCUT2D eigenvalue weighted by Gasteiger charge is -2.27. The molecule has 16 heavy (non-hydrogen) atoms. The average Bonchev–Trinajstić information content (AvgIpc) is 2.25. The maximum Gasteiger partial charge on any atom is 0.113 e. The van der Waals surface area contributed by atoms with Gasteiger partial charge in [-0.15, -0.1) is 0 Å². The number of benzene rings is 1. The molecule has 2 heteroatoms. The van der Waals surface area contributed by atoms with Crippen LogP contribution in [0, 0.1) is 39.0 Å². The fraction of sp³-hybridized carbons (Fsp3) is 0.500. The first-order chi connectivity index (χ1) is 7.40. The van der Waals surface area contributed by atoms with Gasteiger partial charge >= 0.3 is 0 Å². The van der Waals surface area contributed by atoms with Gasteiger partial charge in [-0.05, 0) is 56.9 Å². The second-order valence-corrected chi connectivity index (χ2v) is 4.52. The standard InChI is InChI=1S/C14H20N2/c1-9-7-10(2)13(5)14(12(9)4)16(6)11(3)8-15/h7,11H,1-6H3. The third kappa shape index (κ3) is 2.04. The summed E-state index contributed by atoms with van der Waals surface area (Å²) < 4.78 is 0. The quantitative estimate of drug-likeness (QED) is 0.758. The van der Waals surface area contributed by atoms with Crippen LogP contribution in [0.4, 0.5) is 5.69 Å². The van der Waals surface area contributed by atoms with E-state index in [2.05, 4.69) is 44.7 Å². The largest absolute Gasteiger partial charge is 0.359 e. The highest BCUT2D eigenvalue weighted by atomic mass is 15.1. The van der Waals surface area contributed by atoms with Gasteiger partial charge < -0.3 is 4.90 Å². The minimum absolute atomic E-state index is 0.0985. The van der Waals surface area contributed by atoms with Crippen LogP contribution in [0.5, 0.6) is 0 Å². The maximum atomic E-state index is 9.00. The minimum atomic E-state index is -0.0985. The number of hydrogen-bond donors (Lipinski definition) is 0. The first kappa shape index (κ1) is 12.6. The summed E-state index contributed by atoms with van der Waals surface area (Å²) >= 11 is 0. The monoisotopic (exact) mass is 216 g/mol. The van der Waals surface area contributed by atoms with E-state index in [1.54, 1.807) is 0 Å². The second kappa shape index (κ2) is 4.57. The molecule has 0 aliphatic heterocycles. The molecule has 0 aromatic heterocycles. The summed E-state index contributed by atoms with van der Waals surface area (Å²) in [6, 6.07) is 4.39. The van der Waals surface area contributed by atoms with Gasteiger partial charge in [-0.1, -0.05) is 6.07 Å². The van der Waals surface area contributed by atoms with E-state index >= 15 is 0 Å². The first-order valence-electron chi connectivity index (χ1n) is 5.60. The van der Waals surface area contributed by atoms with Crippen molar-refractivity contribution in [2.45, 2.75) is 40.7 Å². The van der Waals surface area contributed by atoms with Gasteiger partial charge in [-0.25, -0.2) is 0 Å². The van der Waals surface area contributed by atoms with Gasteiger partial charge in [0.2, 0.25) is 0 Å². The maximum absolute atomic E-state index is 9.00. The fourth-order valence-electron chi connectivity index (χ4n) is 2.01. The van der Waals surface area contributed by atoms with Crippen LogP contribution in [0.1, 0.15) is 29.2 Å². The third-order valence-corrected chi connectivity index (χ3v) is 3.45. The van der Waals surface area contributed by atoms with Gasteiger partial charge in [0.1, 0.15) is 6.04 Å². The van der Waals surface area contributed by atoms with E-state index in [4.69, 9.17) is 5.26 Å². The van der Waals surface area contributed by atoms with E-state index in [1.165, 1.54) is 27.9 Å². The van der Waals surface area contributed by atoms with Crippen molar-refractivity contribution in [3.63, 3.8) is 0 Å². The first-order valence-corrected chi connectivity index (χ1v) is 5.60. The summed E-state index contributed by atoms with van der Waals surface area (Å²) in [5.74, 6) is 0. The predicted octanol–water partition coefficient (Wildman–Crippen LogP) is 3.27. The summed E-state index contributed by atoms with van der Waals surface area (Å²) in [7, 11) is 1.99. The lowest BCUT2D eigenvalue weighted by atomic mass is 9.97. The van der Waals surface area contributed by atoms with Gasteiger partial charge in [-0.3, -0.25) is 0 Å². The molecule has 1 unspecified atom stereocenters. The molecule has 86 valence electrons. The van der Waals surface area contributed by atoms with Crippen molar-refractivity contribution >= 4 is 5.69 Å². The Balaban J connectivity index is 3.38. The number of hydrogen-bond acceptors (Lipinski definition) is 2. The number of nitriles is 1. The summed E-state index contributed by atoms with van der Waals surface area (Å²) in [4.78, 5) is 2.06. The smallest absolute Gasteiger partial charge is 0.113 e. The van der Waals surface area contributed by atoms with Gasteiger partial charge in [-0.2, -0.15) is 5.26 Å². The van der Waals surface area contributed by atoms with Crippen LogP contribution in [0.15, 0.2) is 6.07 Å². The van der Waals surface area contributed by atoms with Crippen LogP contribution in [-0.2, 0) is 0 Å². The van der Waals surface area contributed by atoms with Crippen LogP contribution in [0.2, 0.25) is 0 Å². The molecular formula is C14H20N2. The molecule has 2 nitrogen and oxygen atoms in total. The average molecular weight is 216 g/mol. The van der Waals surface area contributed by atoms with Crippen LogP contribution in [0.25, 0.3) is 0 Å². The van der Waals surface area contributed by atoms with Crippen molar-refractivity contribution in [3.05, 3.63) is 28.3 Å². The highest BCUT2D eigenvalue weighted by Gasteiger charge is 2.16. The van der Waals surface area contributed by atoms with Crippen molar-refractivity contribution in [1.29, 1.82) is 5.26 Å². The molecule has 0 saturated carbocycles. The lowest BCUT2D eigenvalue weighted by molar-refractivity contribution is 0.826. The Morgan fingerprint density at radius 2 is 1.56 bits per heavy atom. The van der Waals surface area contributed by atoms with E-state index in [0.717, 1.165) is 0 Å². The molecular weight excluding hydrogens is 196 g/mol. The molecule has 0 saturated heterocycles. The Bertz CT molecular complexity index is 415. The highest BCUT2D eigenvalue weighted by Crippen LogP contribution is 2.30. The SMILES string of the molecule is Cc1cc(C)c(C)c(N(C)C(C)C#N)c1C. The van der Waals surface area contributed by atoms with Gasteiger partial charge in [0, 0.05) is 12.7 Å². The topological polar surface area (TPSA) is 27.0 Å². The molecule has 0 heterocycles. The van der Waals surface area contributed by atoms with Crippen LogP contribution in [0.3, 0.4) is 0 Å². The molecule has 0 aliphatic carbocycles. The van der Waals surface area contributed by atoms with E-state index in [-0.39, 0.29) is 6.04 Å². The molecule has 0 radical (unpaired) electrons. The normalized spacial score (nSPS) is 12.1. The second-order valence-electron chi connectivity index (χ2n) is 4.52. The van der Waals surface area contributed by atoms with E-state index in [9.17, 15) is 0 Å². The lowest BCUT2D eigenvalue weighted by Crippen LogP contribution is -2.29. The number of nitrogens with zero attached hydrogens (tertiary/aromatic N) is 2. The zero-order valence-electron chi connectivity index (χ0n) is 11.0. The molecule has 1 rings (SSSR count). The molecule has 1 atom stereocenters. The van der Waals surface area contributed by atoms with Gasteiger partial charge in [0.05, 0.1) is 6.07 Å². The Kier molecular flexibility index (Phi) is 3.59. The Morgan fingerprint density at radius 1 is 1.12 bits per heavy atom. The van der Waals surface area contributed by atoms with Crippen LogP contribution >= 0.6 is 0 Å². The molecule has 0 bridgehead atoms. The molecule has 1 aromatic rings. The predicted molar refractivity (Wildman–Crippen MR) is 68.9 cm³/mol. The van der Waals surface area contributed by atoms with Crippen molar-refractivity contribution in [2.75, 3.05) is 11.9 Å². The third-order valence-electron chi connectivity index (χ3n) is 3.45. The summed E-state index contributed by atoms with van der Waals surface area (Å²) in [5.41, 5.74) is 6.32. The van der Waals surface area contributed by atoms with E-state index < -0.39 is 0 Å².